The molecule has 84 valence electrons. The Morgan fingerprint density at radius 3 is 3.25 bits per heavy atom. The lowest BCUT2D eigenvalue weighted by atomic mass is 10.4. The van der Waals surface area contributed by atoms with E-state index in [0.717, 1.165) is 10.2 Å². The molecule has 0 atom stereocenters. The lowest BCUT2D eigenvalue weighted by Gasteiger charge is -2.05. The molecule has 0 spiro atoms. The maximum atomic E-state index is 11.2. The van der Waals surface area contributed by atoms with Crippen LogP contribution < -0.4 is 5.32 Å². The average Bonchev–Trinajstić information content (AvgIpc) is 2.75. The quantitative estimate of drug-likeness (QED) is 0.819. The molecule has 0 bridgehead atoms. The molecular formula is C10H11N3O2S. The molecular weight excluding hydrogens is 226 g/mol. The van der Waals surface area contributed by atoms with Crippen LogP contribution in [0.25, 0.3) is 10.2 Å². The Morgan fingerprint density at radius 1 is 1.56 bits per heavy atom. The van der Waals surface area contributed by atoms with Crippen LogP contribution in [-0.2, 0) is 9.53 Å². The molecule has 2 aromatic rings. The number of thiophene rings is 1. The Labute approximate surface area is 96.5 Å². The molecule has 0 saturated carbocycles. The number of carbonyl (C=O) groups excluding carboxylic acids is 1. The van der Waals surface area contributed by atoms with Crippen molar-refractivity contribution in [3.05, 3.63) is 17.8 Å². The van der Waals surface area contributed by atoms with Crippen LogP contribution >= 0.6 is 11.3 Å². The summed E-state index contributed by atoms with van der Waals surface area (Å²) in [5.74, 6) is 0.388. The number of nitrogens with one attached hydrogen (secondary N) is 1. The van der Waals surface area contributed by atoms with Gasteiger partial charge in [0, 0.05) is 0 Å². The van der Waals surface area contributed by atoms with Gasteiger partial charge in [0.1, 0.15) is 18.7 Å². The molecule has 5 nitrogen and oxygen atoms in total. The molecule has 0 aliphatic carbocycles. The maximum absolute atomic E-state index is 11.2. The van der Waals surface area contributed by atoms with Crippen molar-refractivity contribution in [1.82, 2.24) is 9.97 Å². The van der Waals surface area contributed by atoms with Crippen molar-refractivity contribution in [2.24, 2.45) is 0 Å². The molecule has 0 amide bonds. The number of esters is 1. The summed E-state index contributed by atoms with van der Waals surface area (Å²) >= 11 is 1.54. The summed E-state index contributed by atoms with van der Waals surface area (Å²) in [7, 11) is 0. The van der Waals surface area contributed by atoms with E-state index in [4.69, 9.17) is 4.74 Å². The molecule has 0 aliphatic heterocycles. The van der Waals surface area contributed by atoms with Gasteiger partial charge in [-0.3, -0.25) is 4.79 Å². The number of fused-ring (bicyclic) bond motifs is 1. The first-order chi connectivity index (χ1) is 7.81. The minimum Gasteiger partial charge on any atom is -0.465 e. The van der Waals surface area contributed by atoms with E-state index in [1.165, 1.54) is 17.7 Å². The van der Waals surface area contributed by atoms with E-state index >= 15 is 0 Å². The van der Waals surface area contributed by atoms with Gasteiger partial charge in [-0.15, -0.1) is 11.3 Å². The van der Waals surface area contributed by atoms with Crippen LogP contribution in [0.15, 0.2) is 17.8 Å². The Morgan fingerprint density at radius 2 is 2.44 bits per heavy atom. The number of hydrogen-bond acceptors (Lipinski definition) is 6. The van der Waals surface area contributed by atoms with Gasteiger partial charge in [-0.1, -0.05) is 0 Å². The number of rotatable bonds is 4. The van der Waals surface area contributed by atoms with Crippen molar-refractivity contribution < 1.29 is 9.53 Å². The summed E-state index contributed by atoms with van der Waals surface area (Å²) in [5, 5.41) is 4.88. The molecule has 0 fully saturated rings. The van der Waals surface area contributed by atoms with Crippen molar-refractivity contribution in [3.8, 4) is 0 Å². The predicted molar refractivity (Wildman–Crippen MR) is 62.5 cm³/mol. The van der Waals surface area contributed by atoms with E-state index in [-0.39, 0.29) is 12.5 Å². The third kappa shape index (κ3) is 2.27. The smallest absolute Gasteiger partial charge is 0.325 e. The summed E-state index contributed by atoms with van der Waals surface area (Å²) in [6.45, 7) is 2.29. The lowest BCUT2D eigenvalue weighted by Crippen LogP contribution is -2.17. The van der Waals surface area contributed by atoms with Crippen LogP contribution in [0.5, 0.6) is 0 Å². The number of aromatic nitrogens is 2. The zero-order chi connectivity index (χ0) is 11.4. The van der Waals surface area contributed by atoms with Crippen LogP contribution in [0.4, 0.5) is 5.82 Å². The van der Waals surface area contributed by atoms with Gasteiger partial charge in [-0.05, 0) is 18.4 Å². The number of ether oxygens (including phenoxy) is 1. The second kappa shape index (κ2) is 4.89. The fourth-order valence-corrected chi connectivity index (χ4v) is 2.09. The van der Waals surface area contributed by atoms with Gasteiger partial charge in [-0.25, -0.2) is 9.97 Å². The molecule has 2 rings (SSSR count). The van der Waals surface area contributed by atoms with E-state index in [1.54, 1.807) is 6.92 Å². The Balaban J connectivity index is 2.09. The highest BCUT2D eigenvalue weighted by Crippen LogP contribution is 2.24. The molecule has 0 radical (unpaired) electrons. The lowest BCUT2D eigenvalue weighted by molar-refractivity contribution is -0.140. The maximum Gasteiger partial charge on any atom is 0.325 e. The van der Waals surface area contributed by atoms with Crippen LogP contribution in [0.1, 0.15) is 6.92 Å². The summed E-state index contributed by atoms with van der Waals surface area (Å²) in [5.41, 5.74) is 0.881. The van der Waals surface area contributed by atoms with Gasteiger partial charge >= 0.3 is 5.97 Å². The largest absolute Gasteiger partial charge is 0.465 e. The summed E-state index contributed by atoms with van der Waals surface area (Å²) in [6, 6.07) is 1.91. The van der Waals surface area contributed by atoms with Crippen LogP contribution in [0, 0.1) is 0 Å². The molecule has 0 aromatic carbocycles. The molecule has 1 N–H and O–H groups in total. The summed E-state index contributed by atoms with van der Waals surface area (Å²) in [6.07, 6.45) is 1.47. The third-order valence-corrected chi connectivity index (χ3v) is 2.86. The van der Waals surface area contributed by atoms with Gasteiger partial charge in [-0.2, -0.15) is 0 Å². The van der Waals surface area contributed by atoms with Gasteiger partial charge in [0.15, 0.2) is 0 Å². The molecule has 0 unspecified atom stereocenters. The van der Waals surface area contributed by atoms with Gasteiger partial charge in [0.05, 0.1) is 16.8 Å². The highest BCUT2D eigenvalue weighted by Gasteiger charge is 2.06. The molecule has 2 aromatic heterocycles. The Kier molecular flexibility index (Phi) is 3.31. The third-order valence-electron chi connectivity index (χ3n) is 1.95. The molecule has 2 heterocycles. The zero-order valence-corrected chi connectivity index (χ0v) is 9.58. The first kappa shape index (κ1) is 10.8. The monoisotopic (exact) mass is 237 g/mol. The Hall–Kier alpha value is -1.69. The van der Waals surface area contributed by atoms with E-state index < -0.39 is 0 Å². The van der Waals surface area contributed by atoms with Crippen molar-refractivity contribution in [2.75, 3.05) is 18.5 Å². The fourth-order valence-electron chi connectivity index (χ4n) is 1.28. The van der Waals surface area contributed by atoms with Crippen molar-refractivity contribution >= 4 is 33.3 Å². The first-order valence-corrected chi connectivity index (χ1v) is 5.77. The van der Waals surface area contributed by atoms with E-state index in [1.807, 2.05) is 11.4 Å². The van der Waals surface area contributed by atoms with Crippen molar-refractivity contribution in [3.63, 3.8) is 0 Å². The van der Waals surface area contributed by atoms with Crippen LogP contribution in [-0.4, -0.2) is 29.1 Å². The Bertz CT molecular complexity index is 498. The second-order valence-electron chi connectivity index (χ2n) is 3.02. The van der Waals surface area contributed by atoms with Crippen LogP contribution in [0.3, 0.4) is 0 Å². The van der Waals surface area contributed by atoms with Gasteiger partial charge in [0.2, 0.25) is 0 Å². The minimum atomic E-state index is -0.286. The standard InChI is InChI=1S/C10H11N3O2S/c1-2-15-8(14)5-11-10-9-7(3-4-16-9)12-6-13-10/h3-4,6H,2,5H2,1H3,(H,11,12,13). The number of anilines is 1. The summed E-state index contributed by atoms with van der Waals surface area (Å²) < 4.78 is 5.77. The minimum absolute atomic E-state index is 0.123. The first-order valence-electron chi connectivity index (χ1n) is 4.89. The SMILES string of the molecule is CCOC(=O)CNc1ncnc2ccsc12. The fraction of sp³-hybridized carbons (Fsp3) is 0.300. The average molecular weight is 237 g/mol. The molecule has 6 heteroatoms. The van der Waals surface area contributed by atoms with E-state index in [0.29, 0.717) is 12.4 Å². The molecule has 0 aliphatic rings. The van der Waals surface area contributed by atoms with Gasteiger partial charge < -0.3 is 10.1 Å². The number of carbonyl (C=O) groups is 1. The highest BCUT2D eigenvalue weighted by molar-refractivity contribution is 7.17. The van der Waals surface area contributed by atoms with Crippen molar-refractivity contribution in [1.29, 1.82) is 0 Å². The topological polar surface area (TPSA) is 64.1 Å². The summed E-state index contributed by atoms with van der Waals surface area (Å²) in [4.78, 5) is 19.4. The zero-order valence-electron chi connectivity index (χ0n) is 8.77. The van der Waals surface area contributed by atoms with Gasteiger partial charge in [0.25, 0.3) is 0 Å². The second-order valence-corrected chi connectivity index (χ2v) is 3.93. The molecule has 0 saturated heterocycles. The highest BCUT2D eigenvalue weighted by atomic mass is 32.1. The molecule has 16 heavy (non-hydrogen) atoms. The van der Waals surface area contributed by atoms with E-state index in [2.05, 4.69) is 15.3 Å². The van der Waals surface area contributed by atoms with E-state index in [9.17, 15) is 4.79 Å². The van der Waals surface area contributed by atoms with Crippen LogP contribution in [0.2, 0.25) is 0 Å². The number of hydrogen-bond donors (Lipinski definition) is 1. The normalized spacial score (nSPS) is 10.3. The predicted octanol–water partition coefficient (Wildman–Crippen LogP) is 1.67. The van der Waals surface area contributed by atoms with Crippen molar-refractivity contribution in [2.45, 2.75) is 6.92 Å². The number of nitrogens with zero attached hydrogens (tertiary/aromatic N) is 2.